The molecule has 1 unspecified atom stereocenters. The number of hydrogen-bond donors (Lipinski definition) is 0. The second kappa shape index (κ2) is 4.89. The second-order valence-corrected chi connectivity index (χ2v) is 4.71. The standard InChI is InChI=1S/C10H9BrClFO/c1-6(11)10(14)8-3-2-7(5-13)4-9(8)12/h2-4,6H,5H2,1H3. The van der Waals surface area contributed by atoms with Gasteiger partial charge < -0.3 is 0 Å². The normalized spacial score (nSPS) is 12.6. The Balaban J connectivity index is 3.06. The van der Waals surface area contributed by atoms with Crippen LogP contribution in [-0.4, -0.2) is 10.6 Å². The molecule has 14 heavy (non-hydrogen) atoms. The van der Waals surface area contributed by atoms with E-state index in [1.165, 1.54) is 6.07 Å². The summed E-state index contributed by atoms with van der Waals surface area (Å²) in [6.45, 7) is 1.15. The van der Waals surface area contributed by atoms with Gasteiger partial charge in [0.2, 0.25) is 0 Å². The van der Waals surface area contributed by atoms with E-state index in [0.29, 0.717) is 16.1 Å². The van der Waals surface area contributed by atoms with Crippen LogP contribution in [-0.2, 0) is 6.67 Å². The summed E-state index contributed by atoms with van der Waals surface area (Å²) in [5.41, 5.74) is 0.905. The lowest BCUT2D eigenvalue weighted by Gasteiger charge is -2.06. The van der Waals surface area contributed by atoms with Crippen LogP contribution >= 0.6 is 27.5 Å². The zero-order valence-electron chi connectivity index (χ0n) is 7.56. The molecule has 0 aliphatic carbocycles. The van der Waals surface area contributed by atoms with E-state index in [9.17, 15) is 9.18 Å². The van der Waals surface area contributed by atoms with Crippen LogP contribution in [0, 0.1) is 0 Å². The zero-order chi connectivity index (χ0) is 10.7. The third-order valence-electron chi connectivity index (χ3n) is 1.81. The SMILES string of the molecule is CC(Br)C(=O)c1ccc(CF)cc1Cl. The lowest BCUT2D eigenvalue weighted by Crippen LogP contribution is -2.10. The number of carbonyl (C=O) groups is 1. The van der Waals surface area contributed by atoms with Crippen molar-refractivity contribution in [3.8, 4) is 0 Å². The Hall–Kier alpha value is -0.410. The van der Waals surface area contributed by atoms with Crippen molar-refractivity contribution < 1.29 is 9.18 Å². The van der Waals surface area contributed by atoms with Crippen LogP contribution in [0.25, 0.3) is 0 Å². The summed E-state index contributed by atoms with van der Waals surface area (Å²) in [5, 5.41) is 0.302. The number of hydrogen-bond acceptors (Lipinski definition) is 1. The summed E-state index contributed by atoms with van der Waals surface area (Å²) in [6.07, 6.45) is 0. The molecule has 0 radical (unpaired) electrons. The fraction of sp³-hybridized carbons (Fsp3) is 0.300. The van der Waals surface area contributed by atoms with E-state index in [-0.39, 0.29) is 10.6 Å². The van der Waals surface area contributed by atoms with Gasteiger partial charge in [0.05, 0.1) is 9.85 Å². The maximum atomic E-state index is 12.2. The molecule has 0 spiro atoms. The minimum absolute atomic E-state index is 0.0968. The van der Waals surface area contributed by atoms with Crippen molar-refractivity contribution >= 4 is 33.3 Å². The minimum Gasteiger partial charge on any atom is -0.293 e. The van der Waals surface area contributed by atoms with Gasteiger partial charge >= 0.3 is 0 Å². The summed E-state index contributed by atoms with van der Waals surface area (Å²) >= 11 is 9.00. The van der Waals surface area contributed by atoms with Crippen LogP contribution in [0.15, 0.2) is 18.2 Å². The highest BCUT2D eigenvalue weighted by Crippen LogP contribution is 2.21. The number of halogens is 3. The van der Waals surface area contributed by atoms with Crippen molar-refractivity contribution in [2.24, 2.45) is 0 Å². The van der Waals surface area contributed by atoms with Crippen molar-refractivity contribution in [2.75, 3.05) is 0 Å². The molecule has 0 amide bonds. The first-order chi connectivity index (χ1) is 6.56. The first-order valence-electron chi connectivity index (χ1n) is 4.09. The monoisotopic (exact) mass is 278 g/mol. The maximum Gasteiger partial charge on any atom is 0.177 e. The molecular formula is C10H9BrClFO. The number of benzene rings is 1. The molecule has 0 fully saturated rings. The Bertz CT molecular complexity index is 352. The van der Waals surface area contributed by atoms with Gasteiger partial charge in [-0.15, -0.1) is 0 Å². The van der Waals surface area contributed by atoms with Crippen LogP contribution in [0.4, 0.5) is 4.39 Å². The largest absolute Gasteiger partial charge is 0.293 e. The number of carbonyl (C=O) groups excluding carboxylic acids is 1. The average Bonchev–Trinajstić information content (AvgIpc) is 2.16. The molecule has 1 nitrogen and oxygen atoms in total. The molecule has 0 bridgehead atoms. The summed E-state index contributed by atoms with van der Waals surface area (Å²) in [7, 11) is 0. The molecule has 0 saturated heterocycles. The van der Waals surface area contributed by atoms with E-state index in [2.05, 4.69) is 15.9 Å². The van der Waals surface area contributed by atoms with Crippen LogP contribution < -0.4 is 0 Å². The Kier molecular flexibility index (Phi) is 4.08. The fourth-order valence-corrected chi connectivity index (χ4v) is 1.60. The molecule has 1 aromatic rings. The number of Topliss-reactive ketones (excluding diaryl/α,β-unsaturated/α-hetero) is 1. The third-order valence-corrected chi connectivity index (χ3v) is 2.54. The highest BCUT2D eigenvalue weighted by atomic mass is 79.9. The predicted octanol–water partition coefficient (Wildman–Crippen LogP) is 3.78. The van der Waals surface area contributed by atoms with E-state index in [1.54, 1.807) is 19.1 Å². The van der Waals surface area contributed by atoms with Gasteiger partial charge in [-0.05, 0) is 24.6 Å². The van der Waals surface area contributed by atoms with Crippen molar-refractivity contribution in [1.29, 1.82) is 0 Å². The molecule has 1 rings (SSSR count). The summed E-state index contributed by atoms with van der Waals surface area (Å²) in [6, 6.07) is 4.59. The lowest BCUT2D eigenvalue weighted by atomic mass is 10.1. The quantitative estimate of drug-likeness (QED) is 0.608. The summed E-state index contributed by atoms with van der Waals surface area (Å²) in [4.78, 5) is 11.3. The molecule has 4 heteroatoms. The summed E-state index contributed by atoms with van der Waals surface area (Å²) in [5.74, 6) is -0.0968. The molecule has 1 aromatic carbocycles. The van der Waals surface area contributed by atoms with E-state index >= 15 is 0 Å². The number of rotatable bonds is 3. The fourth-order valence-electron chi connectivity index (χ4n) is 1.06. The molecule has 0 N–H and O–H groups in total. The Morgan fingerprint density at radius 2 is 2.29 bits per heavy atom. The van der Waals surface area contributed by atoms with Crippen LogP contribution in [0.1, 0.15) is 22.8 Å². The van der Waals surface area contributed by atoms with E-state index in [4.69, 9.17) is 11.6 Å². The maximum absolute atomic E-state index is 12.2. The smallest absolute Gasteiger partial charge is 0.177 e. The Labute approximate surface area is 95.4 Å². The van der Waals surface area contributed by atoms with Crippen LogP contribution in [0.3, 0.4) is 0 Å². The van der Waals surface area contributed by atoms with Gasteiger partial charge in [0.25, 0.3) is 0 Å². The first-order valence-corrected chi connectivity index (χ1v) is 5.38. The lowest BCUT2D eigenvalue weighted by molar-refractivity contribution is 0.0996. The third kappa shape index (κ3) is 2.55. The molecule has 0 saturated carbocycles. The van der Waals surface area contributed by atoms with Crippen molar-refractivity contribution in [1.82, 2.24) is 0 Å². The minimum atomic E-state index is -0.571. The molecule has 76 valence electrons. The topological polar surface area (TPSA) is 17.1 Å². The molecule has 0 heterocycles. The molecule has 0 aliphatic rings. The van der Waals surface area contributed by atoms with Gasteiger partial charge in [-0.25, -0.2) is 4.39 Å². The number of alkyl halides is 2. The van der Waals surface area contributed by atoms with Gasteiger partial charge in [0, 0.05) is 5.56 Å². The highest BCUT2D eigenvalue weighted by Gasteiger charge is 2.15. The molecule has 0 aromatic heterocycles. The zero-order valence-corrected chi connectivity index (χ0v) is 9.90. The number of ketones is 1. The molecule has 1 atom stereocenters. The second-order valence-electron chi connectivity index (χ2n) is 2.93. The van der Waals surface area contributed by atoms with E-state index in [1.807, 2.05) is 0 Å². The summed E-state index contributed by atoms with van der Waals surface area (Å²) < 4.78 is 12.2. The Morgan fingerprint density at radius 1 is 1.64 bits per heavy atom. The van der Waals surface area contributed by atoms with Crippen LogP contribution in [0.2, 0.25) is 5.02 Å². The Morgan fingerprint density at radius 3 is 2.71 bits per heavy atom. The average molecular weight is 280 g/mol. The first kappa shape index (κ1) is 11.7. The van der Waals surface area contributed by atoms with Crippen molar-refractivity contribution in [3.63, 3.8) is 0 Å². The predicted molar refractivity (Wildman–Crippen MR) is 59.0 cm³/mol. The van der Waals surface area contributed by atoms with E-state index < -0.39 is 6.67 Å². The van der Waals surface area contributed by atoms with Gasteiger partial charge in [0.15, 0.2) is 5.78 Å². The van der Waals surface area contributed by atoms with Crippen molar-refractivity contribution in [2.45, 2.75) is 18.4 Å². The van der Waals surface area contributed by atoms with Crippen molar-refractivity contribution in [3.05, 3.63) is 34.3 Å². The molecular weight excluding hydrogens is 270 g/mol. The van der Waals surface area contributed by atoms with Gasteiger partial charge in [-0.1, -0.05) is 33.6 Å². The van der Waals surface area contributed by atoms with Gasteiger partial charge in [-0.3, -0.25) is 4.79 Å². The van der Waals surface area contributed by atoms with Gasteiger partial charge in [0.1, 0.15) is 6.67 Å². The molecule has 0 aliphatic heterocycles. The highest BCUT2D eigenvalue weighted by molar-refractivity contribution is 9.10. The van der Waals surface area contributed by atoms with E-state index in [0.717, 1.165) is 0 Å². The van der Waals surface area contributed by atoms with Gasteiger partial charge in [-0.2, -0.15) is 0 Å². The van der Waals surface area contributed by atoms with Crippen LogP contribution in [0.5, 0.6) is 0 Å².